The molecule has 0 radical (unpaired) electrons. The summed E-state index contributed by atoms with van der Waals surface area (Å²) in [4.78, 5) is 0. The van der Waals surface area contributed by atoms with Gasteiger partial charge in [0.05, 0.1) is 19.8 Å². The van der Waals surface area contributed by atoms with Gasteiger partial charge < -0.3 is 14.2 Å². The van der Waals surface area contributed by atoms with Crippen LogP contribution in [0.15, 0.2) is 12.1 Å². The number of aryl methyl sites for hydroxylation is 1. The van der Waals surface area contributed by atoms with Gasteiger partial charge in [0.15, 0.2) is 11.5 Å². The molecule has 0 aliphatic heterocycles. The highest BCUT2D eigenvalue weighted by Crippen LogP contribution is 2.40. The van der Waals surface area contributed by atoms with Gasteiger partial charge in [-0.15, -0.1) is 0 Å². The summed E-state index contributed by atoms with van der Waals surface area (Å²) in [5.74, 6) is 2.67. The zero-order valence-electron chi connectivity index (χ0n) is 45.1. The van der Waals surface area contributed by atoms with Crippen LogP contribution in [0.2, 0.25) is 0 Å². The number of ether oxygens (including phenoxy) is 3. The molecular weight excluding hydrogens is 793 g/mol. The Morgan fingerprint density at radius 3 is 0.615 bits per heavy atom. The molecule has 0 amide bonds. The number of hydrogen-bond acceptors (Lipinski definition) is 3. The van der Waals surface area contributed by atoms with E-state index in [0.29, 0.717) is 0 Å². The molecule has 3 heteroatoms. The third-order valence-electron chi connectivity index (χ3n) is 14.2. The molecule has 0 aliphatic carbocycles. The average Bonchev–Trinajstić information content (AvgIpc) is 3.32. The van der Waals surface area contributed by atoms with Crippen molar-refractivity contribution < 1.29 is 14.2 Å². The monoisotopic (exact) mass is 911 g/mol. The van der Waals surface area contributed by atoms with Crippen LogP contribution >= 0.6 is 0 Å². The van der Waals surface area contributed by atoms with Crippen LogP contribution in [0.3, 0.4) is 0 Å². The van der Waals surface area contributed by atoms with Crippen molar-refractivity contribution in [3.05, 3.63) is 17.7 Å². The van der Waals surface area contributed by atoms with Gasteiger partial charge in [-0.05, 0) is 43.4 Å². The Morgan fingerprint density at radius 2 is 0.415 bits per heavy atom. The standard InChI is InChI=1S/C62H118O3/c1-5-9-12-15-18-21-24-27-30-33-36-39-42-45-48-51-54-63-60-57-59(8-4)58-61(64-55-52-49-46-43-40-37-34-31-28-25-22-19-16-13-10-6-2)62(60)65-56-53-50-47-44-41-38-35-32-29-26-23-20-17-14-11-7-3/h57-58H,5-56H2,1-4H3. The minimum atomic E-state index is 0.745. The predicted molar refractivity (Wildman–Crippen MR) is 291 cm³/mol. The van der Waals surface area contributed by atoms with Crippen LogP contribution in [0, 0.1) is 0 Å². The summed E-state index contributed by atoms with van der Waals surface area (Å²) >= 11 is 0. The van der Waals surface area contributed by atoms with Gasteiger partial charge in [-0.1, -0.05) is 317 Å². The third-order valence-corrected chi connectivity index (χ3v) is 14.2. The largest absolute Gasteiger partial charge is 0.490 e. The molecule has 0 saturated heterocycles. The second-order valence-electron chi connectivity index (χ2n) is 20.7. The molecule has 0 saturated carbocycles. The van der Waals surface area contributed by atoms with E-state index in [1.807, 2.05) is 0 Å². The quantitative estimate of drug-likeness (QED) is 0.0610. The fourth-order valence-electron chi connectivity index (χ4n) is 9.68. The molecule has 0 bridgehead atoms. The molecule has 0 heterocycles. The van der Waals surface area contributed by atoms with Crippen LogP contribution in [0.25, 0.3) is 0 Å². The van der Waals surface area contributed by atoms with Crippen molar-refractivity contribution in [3.63, 3.8) is 0 Å². The van der Waals surface area contributed by atoms with E-state index in [9.17, 15) is 0 Å². The van der Waals surface area contributed by atoms with E-state index in [4.69, 9.17) is 14.2 Å². The number of rotatable bonds is 55. The van der Waals surface area contributed by atoms with Crippen LogP contribution < -0.4 is 14.2 Å². The lowest BCUT2D eigenvalue weighted by Crippen LogP contribution is -2.07. The molecule has 0 aromatic heterocycles. The van der Waals surface area contributed by atoms with Crippen molar-refractivity contribution in [1.82, 2.24) is 0 Å². The first-order valence-electron chi connectivity index (χ1n) is 30.3. The van der Waals surface area contributed by atoms with Crippen LogP contribution in [0.5, 0.6) is 17.2 Å². The summed E-state index contributed by atoms with van der Waals surface area (Å²) in [6.45, 7) is 11.4. The summed E-state index contributed by atoms with van der Waals surface area (Å²) in [6.07, 6.45) is 67.6. The van der Waals surface area contributed by atoms with E-state index >= 15 is 0 Å². The van der Waals surface area contributed by atoms with E-state index in [2.05, 4.69) is 39.8 Å². The van der Waals surface area contributed by atoms with E-state index in [0.717, 1.165) is 62.8 Å². The molecule has 0 spiro atoms. The molecule has 0 aliphatic rings. The molecule has 0 atom stereocenters. The van der Waals surface area contributed by atoms with Gasteiger partial charge in [-0.3, -0.25) is 0 Å². The molecule has 65 heavy (non-hydrogen) atoms. The number of unbranched alkanes of at least 4 members (excludes halogenated alkanes) is 45. The number of hydrogen-bond donors (Lipinski definition) is 0. The molecule has 3 nitrogen and oxygen atoms in total. The van der Waals surface area contributed by atoms with Gasteiger partial charge in [0.1, 0.15) is 0 Å². The molecule has 1 rings (SSSR count). The fourth-order valence-corrected chi connectivity index (χ4v) is 9.68. The number of benzene rings is 1. The van der Waals surface area contributed by atoms with Crippen LogP contribution in [-0.4, -0.2) is 19.8 Å². The Bertz CT molecular complexity index is 993. The first-order valence-corrected chi connectivity index (χ1v) is 30.3. The van der Waals surface area contributed by atoms with Crippen molar-refractivity contribution in [2.75, 3.05) is 19.8 Å². The highest BCUT2D eigenvalue weighted by atomic mass is 16.5. The maximum atomic E-state index is 6.60. The van der Waals surface area contributed by atoms with Crippen molar-refractivity contribution in [3.8, 4) is 17.2 Å². The van der Waals surface area contributed by atoms with Crippen molar-refractivity contribution in [2.24, 2.45) is 0 Å². The highest BCUT2D eigenvalue weighted by Gasteiger charge is 2.16. The highest BCUT2D eigenvalue weighted by molar-refractivity contribution is 5.54. The second kappa shape index (κ2) is 52.0. The van der Waals surface area contributed by atoms with E-state index in [1.54, 1.807) is 0 Å². The minimum absolute atomic E-state index is 0.745. The van der Waals surface area contributed by atoms with E-state index < -0.39 is 0 Å². The van der Waals surface area contributed by atoms with Crippen molar-refractivity contribution >= 4 is 0 Å². The maximum Gasteiger partial charge on any atom is 0.203 e. The molecule has 0 unspecified atom stereocenters. The normalized spacial score (nSPS) is 11.5. The SMILES string of the molecule is CCCCCCCCCCCCCCCCCCOc1cc(CC)cc(OCCCCCCCCCCCCCCCCCC)c1OCCCCCCCCCCCCCCCCCC. The predicted octanol–water partition coefficient (Wildman–Crippen LogP) is 22.2. The zero-order valence-corrected chi connectivity index (χ0v) is 45.1. The molecular formula is C62H118O3. The maximum absolute atomic E-state index is 6.60. The van der Waals surface area contributed by atoms with E-state index in [-0.39, 0.29) is 0 Å². The average molecular weight is 912 g/mol. The fraction of sp³-hybridized carbons (Fsp3) is 0.903. The van der Waals surface area contributed by atoms with Gasteiger partial charge in [0.2, 0.25) is 5.75 Å². The summed E-state index contributed by atoms with van der Waals surface area (Å²) in [5.41, 5.74) is 1.28. The smallest absolute Gasteiger partial charge is 0.203 e. The van der Waals surface area contributed by atoms with Gasteiger partial charge >= 0.3 is 0 Å². The van der Waals surface area contributed by atoms with Gasteiger partial charge in [-0.25, -0.2) is 0 Å². The molecule has 1 aromatic rings. The Labute approximate surface area is 409 Å². The van der Waals surface area contributed by atoms with Crippen molar-refractivity contribution in [1.29, 1.82) is 0 Å². The summed E-state index contributed by atoms with van der Waals surface area (Å²) in [6, 6.07) is 4.47. The Balaban J connectivity index is 2.40. The topological polar surface area (TPSA) is 27.7 Å². The molecule has 1 aromatic carbocycles. The Morgan fingerprint density at radius 1 is 0.231 bits per heavy atom. The first kappa shape index (κ1) is 61.6. The lowest BCUT2D eigenvalue weighted by molar-refractivity contribution is 0.234. The lowest BCUT2D eigenvalue weighted by atomic mass is 10.0. The van der Waals surface area contributed by atoms with Gasteiger partial charge in [0.25, 0.3) is 0 Å². The molecule has 0 N–H and O–H groups in total. The summed E-state index contributed by atoms with van der Waals surface area (Å²) in [5, 5.41) is 0. The van der Waals surface area contributed by atoms with E-state index in [1.165, 1.54) is 295 Å². The van der Waals surface area contributed by atoms with Crippen molar-refractivity contribution in [2.45, 2.75) is 342 Å². The van der Waals surface area contributed by atoms with Crippen LogP contribution in [-0.2, 0) is 6.42 Å². The second-order valence-corrected chi connectivity index (χ2v) is 20.7. The van der Waals surface area contributed by atoms with Crippen LogP contribution in [0.1, 0.15) is 341 Å². The summed E-state index contributed by atoms with van der Waals surface area (Å²) in [7, 11) is 0. The Kier molecular flexibility index (Phi) is 49.3. The Hall–Kier alpha value is -1.38. The van der Waals surface area contributed by atoms with Gasteiger partial charge in [0, 0.05) is 0 Å². The third kappa shape index (κ3) is 42.5. The lowest BCUT2D eigenvalue weighted by Gasteiger charge is -2.19. The summed E-state index contributed by atoms with van der Waals surface area (Å²) < 4.78 is 19.7. The first-order chi connectivity index (χ1) is 32.3. The zero-order chi connectivity index (χ0) is 46.6. The van der Waals surface area contributed by atoms with Gasteiger partial charge in [-0.2, -0.15) is 0 Å². The molecule has 0 fully saturated rings. The molecule has 384 valence electrons. The minimum Gasteiger partial charge on any atom is -0.490 e. The van der Waals surface area contributed by atoms with Crippen LogP contribution in [0.4, 0.5) is 0 Å².